The summed E-state index contributed by atoms with van der Waals surface area (Å²) in [5.41, 5.74) is 2.45. The SMILES string of the molecule is O=S(=O)(NCCC1=CCCCC1)c1ccc(CBr)cc1. The van der Waals surface area contributed by atoms with Crippen LogP contribution in [0.5, 0.6) is 0 Å². The molecule has 0 bridgehead atoms. The average molecular weight is 358 g/mol. The van der Waals surface area contributed by atoms with E-state index in [1.807, 2.05) is 12.1 Å². The first-order chi connectivity index (χ1) is 9.62. The van der Waals surface area contributed by atoms with Crippen LogP contribution in [0.4, 0.5) is 0 Å². The van der Waals surface area contributed by atoms with Crippen LogP contribution in [0.1, 0.15) is 37.7 Å². The highest BCUT2D eigenvalue weighted by Crippen LogP contribution is 2.20. The third-order valence-corrected chi connectivity index (χ3v) is 5.64. The molecule has 0 atom stereocenters. The van der Waals surface area contributed by atoms with E-state index in [4.69, 9.17) is 0 Å². The summed E-state index contributed by atoms with van der Waals surface area (Å²) in [5.74, 6) is 0. The van der Waals surface area contributed by atoms with Crippen molar-refractivity contribution in [2.24, 2.45) is 0 Å². The van der Waals surface area contributed by atoms with Crippen molar-refractivity contribution in [3.63, 3.8) is 0 Å². The van der Waals surface area contributed by atoms with Gasteiger partial charge < -0.3 is 0 Å². The maximum Gasteiger partial charge on any atom is 0.240 e. The van der Waals surface area contributed by atoms with Crippen molar-refractivity contribution >= 4 is 26.0 Å². The number of alkyl halides is 1. The van der Waals surface area contributed by atoms with Gasteiger partial charge in [-0.1, -0.05) is 39.7 Å². The summed E-state index contributed by atoms with van der Waals surface area (Å²) >= 11 is 3.35. The van der Waals surface area contributed by atoms with Gasteiger partial charge in [0.05, 0.1) is 4.90 Å². The number of halogens is 1. The molecule has 0 saturated heterocycles. The molecule has 0 heterocycles. The Balaban J connectivity index is 1.91. The Labute approximate surface area is 129 Å². The lowest BCUT2D eigenvalue weighted by molar-refractivity contribution is 0.579. The third kappa shape index (κ3) is 4.43. The zero-order chi connectivity index (χ0) is 14.4. The molecule has 20 heavy (non-hydrogen) atoms. The van der Waals surface area contributed by atoms with Gasteiger partial charge in [0, 0.05) is 11.9 Å². The van der Waals surface area contributed by atoms with Crippen LogP contribution in [0, 0.1) is 0 Å². The van der Waals surface area contributed by atoms with Crippen molar-refractivity contribution in [1.82, 2.24) is 4.72 Å². The van der Waals surface area contributed by atoms with Gasteiger partial charge in [-0.2, -0.15) is 0 Å². The van der Waals surface area contributed by atoms with Gasteiger partial charge in [-0.25, -0.2) is 13.1 Å². The topological polar surface area (TPSA) is 46.2 Å². The number of allylic oxidation sites excluding steroid dienone is 1. The van der Waals surface area contributed by atoms with Crippen molar-refractivity contribution in [2.45, 2.75) is 42.3 Å². The van der Waals surface area contributed by atoms with Crippen LogP contribution in [-0.2, 0) is 15.4 Å². The van der Waals surface area contributed by atoms with E-state index in [1.54, 1.807) is 12.1 Å². The predicted molar refractivity (Wildman–Crippen MR) is 85.4 cm³/mol. The van der Waals surface area contributed by atoms with Gasteiger partial charge in [0.25, 0.3) is 0 Å². The van der Waals surface area contributed by atoms with Gasteiger partial charge in [-0.15, -0.1) is 0 Å². The number of hydrogen-bond donors (Lipinski definition) is 1. The van der Waals surface area contributed by atoms with Crippen molar-refractivity contribution in [3.05, 3.63) is 41.5 Å². The van der Waals surface area contributed by atoms with Crippen LogP contribution in [0.3, 0.4) is 0 Å². The molecule has 2 rings (SSSR count). The molecule has 0 radical (unpaired) electrons. The van der Waals surface area contributed by atoms with Gasteiger partial charge in [0.1, 0.15) is 0 Å². The van der Waals surface area contributed by atoms with E-state index in [0.717, 1.165) is 30.2 Å². The smallest absolute Gasteiger partial charge is 0.211 e. The lowest BCUT2D eigenvalue weighted by atomic mass is 9.97. The predicted octanol–water partition coefficient (Wildman–Crippen LogP) is 3.75. The Morgan fingerprint density at radius 2 is 1.90 bits per heavy atom. The van der Waals surface area contributed by atoms with Crippen molar-refractivity contribution < 1.29 is 8.42 Å². The van der Waals surface area contributed by atoms with Gasteiger partial charge >= 0.3 is 0 Å². The number of nitrogens with one attached hydrogen (secondary N) is 1. The fourth-order valence-corrected chi connectivity index (χ4v) is 3.72. The summed E-state index contributed by atoms with van der Waals surface area (Å²) in [6.07, 6.45) is 7.81. The standard InChI is InChI=1S/C15H20BrNO2S/c16-12-14-6-8-15(9-7-14)20(18,19)17-11-10-13-4-2-1-3-5-13/h4,6-9,17H,1-3,5,10-12H2. The summed E-state index contributed by atoms with van der Waals surface area (Å²) in [5, 5.41) is 0.731. The summed E-state index contributed by atoms with van der Waals surface area (Å²) in [4.78, 5) is 0.333. The van der Waals surface area contributed by atoms with Crippen LogP contribution in [0.25, 0.3) is 0 Å². The Hall–Kier alpha value is -0.650. The van der Waals surface area contributed by atoms with E-state index in [0.29, 0.717) is 11.4 Å². The second kappa shape index (κ2) is 7.38. The summed E-state index contributed by atoms with van der Waals surface area (Å²) in [7, 11) is -3.38. The van der Waals surface area contributed by atoms with E-state index in [-0.39, 0.29) is 0 Å². The maximum atomic E-state index is 12.1. The monoisotopic (exact) mass is 357 g/mol. The fraction of sp³-hybridized carbons (Fsp3) is 0.467. The van der Waals surface area contributed by atoms with Crippen LogP contribution in [-0.4, -0.2) is 15.0 Å². The zero-order valence-corrected chi connectivity index (χ0v) is 13.8. The molecule has 0 spiro atoms. The van der Waals surface area contributed by atoms with Gasteiger partial charge in [-0.05, 0) is 49.8 Å². The molecule has 0 unspecified atom stereocenters. The minimum atomic E-state index is -3.38. The Morgan fingerprint density at radius 3 is 2.50 bits per heavy atom. The minimum Gasteiger partial charge on any atom is -0.211 e. The molecule has 1 N–H and O–H groups in total. The normalized spacial score (nSPS) is 15.9. The third-order valence-electron chi connectivity index (χ3n) is 3.51. The van der Waals surface area contributed by atoms with E-state index in [2.05, 4.69) is 26.7 Å². The Morgan fingerprint density at radius 1 is 1.15 bits per heavy atom. The van der Waals surface area contributed by atoms with E-state index < -0.39 is 10.0 Å². The van der Waals surface area contributed by atoms with E-state index >= 15 is 0 Å². The second-order valence-electron chi connectivity index (χ2n) is 5.03. The Kier molecular flexibility index (Phi) is 5.81. The number of hydrogen-bond acceptors (Lipinski definition) is 2. The molecule has 1 aliphatic rings. The molecular formula is C15H20BrNO2S. The van der Waals surface area contributed by atoms with E-state index in [1.165, 1.54) is 18.4 Å². The molecule has 1 aromatic carbocycles. The second-order valence-corrected chi connectivity index (χ2v) is 7.36. The van der Waals surface area contributed by atoms with Crippen molar-refractivity contribution in [3.8, 4) is 0 Å². The number of benzene rings is 1. The summed E-state index contributed by atoms with van der Waals surface area (Å²) in [6, 6.07) is 6.96. The number of rotatable bonds is 6. The molecule has 0 amide bonds. The first-order valence-corrected chi connectivity index (χ1v) is 9.55. The van der Waals surface area contributed by atoms with Crippen LogP contribution in [0.2, 0.25) is 0 Å². The summed E-state index contributed by atoms with van der Waals surface area (Å²) in [6.45, 7) is 0.481. The average Bonchev–Trinajstić information content (AvgIpc) is 2.48. The first kappa shape index (κ1) is 15.7. The van der Waals surface area contributed by atoms with Crippen molar-refractivity contribution in [1.29, 1.82) is 0 Å². The number of sulfonamides is 1. The molecule has 0 aromatic heterocycles. The molecule has 1 aromatic rings. The molecule has 0 saturated carbocycles. The molecular weight excluding hydrogens is 338 g/mol. The Bertz CT molecular complexity index is 564. The highest BCUT2D eigenvalue weighted by molar-refractivity contribution is 9.08. The van der Waals surface area contributed by atoms with Crippen LogP contribution in [0.15, 0.2) is 40.8 Å². The van der Waals surface area contributed by atoms with Crippen LogP contribution < -0.4 is 4.72 Å². The highest BCUT2D eigenvalue weighted by Gasteiger charge is 2.13. The van der Waals surface area contributed by atoms with Crippen LogP contribution >= 0.6 is 15.9 Å². The minimum absolute atomic E-state index is 0.333. The zero-order valence-electron chi connectivity index (χ0n) is 11.4. The first-order valence-electron chi connectivity index (χ1n) is 6.94. The largest absolute Gasteiger partial charge is 0.240 e. The van der Waals surface area contributed by atoms with Crippen molar-refractivity contribution in [2.75, 3.05) is 6.54 Å². The highest BCUT2D eigenvalue weighted by atomic mass is 79.9. The van der Waals surface area contributed by atoms with E-state index in [9.17, 15) is 8.42 Å². The lowest BCUT2D eigenvalue weighted by Gasteiger charge is -2.13. The molecule has 5 heteroatoms. The van der Waals surface area contributed by atoms with Gasteiger partial charge in [0.2, 0.25) is 10.0 Å². The molecule has 0 fully saturated rings. The molecule has 0 aliphatic heterocycles. The molecule has 3 nitrogen and oxygen atoms in total. The van der Waals surface area contributed by atoms with Gasteiger partial charge in [0.15, 0.2) is 0 Å². The lowest BCUT2D eigenvalue weighted by Crippen LogP contribution is -2.25. The molecule has 110 valence electrons. The quantitative estimate of drug-likeness (QED) is 0.622. The fourth-order valence-electron chi connectivity index (χ4n) is 2.32. The molecule has 1 aliphatic carbocycles. The maximum absolute atomic E-state index is 12.1. The summed E-state index contributed by atoms with van der Waals surface area (Å²) < 4.78 is 26.9. The van der Waals surface area contributed by atoms with Gasteiger partial charge in [-0.3, -0.25) is 0 Å².